The van der Waals surface area contributed by atoms with Crippen LogP contribution in [0.15, 0.2) is 88.3 Å². The molecular weight excluding hydrogens is 433 g/mol. The van der Waals surface area contributed by atoms with Crippen molar-refractivity contribution < 1.29 is 22.1 Å². The van der Waals surface area contributed by atoms with E-state index >= 15 is 0 Å². The molecule has 0 aliphatic carbocycles. The molecule has 0 bridgehead atoms. The molecule has 0 unspecified atom stereocenters. The minimum absolute atomic E-state index is 0.0209. The molecular formula is C23H18FN3O4S. The Morgan fingerprint density at radius 3 is 2.28 bits per heavy atom. The largest absolute Gasteiger partial charge is 0.355 e. The number of nitrogens with zero attached hydrogens (tertiary/aromatic N) is 1. The van der Waals surface area contributed by atoms with Gasteiger partial charge in [0.25, 0.3) is 15.9 Å². The predicted molar refractivity (Wildman–Crippen MR) is 118 cm³/mol. The van der Waals surface area contributed by atoms with Gasteiger partial charge >= 0.3 is 0 Å². The van der Waals surface area contributed by atoms with Crippen molar-refractivity contribution in [1.82, 2.24) is 5.16 Å². The highest BCUT2D eigenvalue weighted by molar-refractivity contribution is 7.92. The zero-order valence-corrected chi connectivity index (χ0v) is 17.7. The van der Waals surface area contributed by atoms with Gasteiger partial charge in [-0.05, 0) is 55.5 Å². The van der Waals surface area contributed by atoms with Crippen molar-refractivity contribution in [2.75, 3.05) is 10.0 Å². The van der Waals surface area contributed by atoms with Gasteiger partial charge in [-0.15, -0.1) is 0 Å². The summed E-state index contributed by atoms with van der Waals surface area (Å²) in [5.41, 5.74) is 1.89. The number of aryl methyl sites for hydroxylation is 1. The number of hydrogen-bond donors (Lipinski definition) is 2. The van der Waals surface area contributed by atoms with Crippen LogP contribution in [0.2, 0.25) is 0 Å². The van der Waals surface area contributed by atoms with Gasteiger partial charge in [0.05, 0.1) is 10.5 Å². The van der Waals surface area contributed by atoms with Crippen molar-refractivity contribution in [3.63, 3.8) is 0 Å². The number of rotatable bonds is 6. The summed E-state index contributed by atoms with van der Waals surface area (Å²) in [4.78, 5) is 12.6. The molecule has 3 aromatic carbocycles. The van der Waals surface area contributed by atoms with Gasteiger partial charge in [0.2, 0.25) is 0 Å². The first kappa shape index (κ1) is 21.3. The number of nitrogens with one attached hydrogen (secondary N) is 2. The van der Waals surface area contributed by atoms with E-state index in [0.29, 0.717) is 11.4 Å². The summed E-state index contributed by atoms with van der Waals surface area (Å²) in [6, 6.07) is 20.0. The fourth-order valence-corrected chi connectivity index (χ4v) is 3.98. The van der Waals surface area contributed by atoms with Crippen LogP contribution in [0.1, 0.15) is 16.1 Å². The number of hydrogen-bond acceptors (Lipinski definition) is 5. The maximum Gasteiger partial charge on any atom is 0.277 e. The van der Waals surface area contributed by atoms with E-state index in [1.54, 1.807) is 36.4 Å². The van der Waals surface area contributed by atoms with E-state index in [9.17, 15) is 17.6 Å². The summed E-state index contributed by atoms with van der Waals surface area (Å²) in [7, 11) is -3.73. The fraction of sp³-hybridized carbons (Fsp3) is 0.0435. The number of sulfonamides is 1. The van der Waals surface area contributed by atoms with Crippen LogP contribution in [0.3, 0.4) is 0 Å². The van der Waals surface area contributed by atoms with Gasteiger partial charge in [0.15, 0.2) is 11.5 Å². The number of aromatic nitrogens is 1. The molecule has 1 amide bonds. The molecule has 7 nitrogen and oxygen atoms in total. The van der Waals surface area contributed by atoms with Gasteiger partial charge in [-0.25, -0.2) is 12.8 Å². The molecule has 0 fully saturated rings. The SMILES string of the molecule is Cc1ccc(S(=O)(=O)Nc2ccc(NC(=O)c3cc(-c4ccccc4F)on3)cc2)cc1. The number of amides is 1. The van der Waals surface area contributed by atoms with Crippen LogP contribution in [-0.4, -0.2) is 19.5 Å². The summed E-state index contributed by atoms with van der Waals surface area (Å²) in [6.45, 7) is 1.87. The molecule has 0 aliphatic rings. The second kappa shape index (κ2) is 8.64. The van der Waals surface area contributed by atoms with E-state index in [1.807, 2.05) is 6.92 Å². The Labute approximate surface area is 183 Å². The molecule has 9 heteroatoms. The molecule has 1 aromatic heterocycles. The van der Waals surface area contributed by atoms with Crippen LogP contribution >= 0.6 is 0 Å². The number of halogens is 1. The molecule has 162 valence electrons. The minimum atomic E-state index is -3.73. The van der Waals surface area contributed by atoms with Crippen LogP contribution < -0.4 is 10.0 Å². The summed E-state index contributed by atoms with van der Waals surface area (Å²) >= 11 is 0. The quantitative estimate of drug-likeness (QED) is 0.437. The zero-order chi connectivity index (χ0) is 22.7. The number of benzene rings is 3. The second-order valence-corrected chi connectivity index (χ2v) is 8.69. The Hall–Kier alpha value is -3.98. The molecule has 2 N–H and O–H groups in total. The molecule has 0 aliphatic heterocycles. The molecule has 1 heterocycles. The van der Waals surface area contributed by atoms with Crippen LogP contribution in [0.4, 0.5) is 15.8 Å². The molecule has 0 saturated heterocycles. The van der Waals surface area contributed by atoms with Crippen LogP contribution in [0.5, 0.6) is 0 Å². The Morgan fingerprint density at radius 1 is 0.938 bits per heavy atom. The highest BCUT2D eigenvalue weighted by Gasteiger charge is 2.17. The third-order valence-corrected chi connectivity index (χ3v) is 6.01. The Morgan fingerprint density at radius 2 is 1.59 bits per heavy atom. The van der Waals surface area contributed by atoms with Crippen molar-refractivity contribution in [3.05, 3.63) is 95.9 Å². The van der Waals surface area contributed by atoms with Crippen LogP contribution in [0.25, 0.3) is 11.3 Å². The molecule has 0 spiro atoms. The third kappa shape index (κ3) is 4.68. The van der Waals surface area contributed by atoms with E-state index < -0.39 is 21.7 Å². The van der Waals surface area contributed by atoms with Gasteiger partial charge in [0.1, 0.15) is 5.82 Å². The summed E-state index contributed by atoms with van der Waals surface area (Å²) < 4.78 is 46.4. The van der Waals surface area contributed by atoms with Crippen LogP contribution in [0, 0.1) is 12.7 Å². The summed E-state index contributed by atoms with van der Waals surface area (Å²) in [5.74, 6) is -0.905. The number of carbonyl (C=O) groups excluding carboxylic acids is 1. The first-order valence-corrected chi connectivity index (χ1v) is 11.0. The molecule has 0 saturated carbocycles. The maximum atomic E-state index is 13.9. The van der Waals surface area contributed by atoms with E-state index in [-0.39, 0.29) is 21.9 Å². The van der Waals surface area contributed by atoms with Crippen LogP contribution in [-0.2, 0) is 10.0 Å². The van der Waals surface area contributed by atoms with E-state index in [4.69, 9.17) is 4.52 Å². The first-order chi connectivity index (χ1) is 15.3. The minimum Gasteiger partial charge on any atom is -0.355 e. The summed E-state index contributed by atoms with van der Waals surface area (Å²) in [6.07, 6.45) is 0. The average Bonchev–Trinajstić information content (AvgIpc) is 3.26. The topological polar surface area (TPSA) is 101 Å². The third-order valence-electron chi connectivity index (χ3n) is 4.61. The lowest BCUT2D eigenvalue weighted by Gasteiger charge is -2.09. The molecule has 0 radical (unpaired) electrons. The first-order valence-electron chi connectivity index (χ1n) is 9.54. The van der Waals surface area contributed by atoms with Crippen molar-refractivity contribution in [2.24, 2.45) is 0 Å². The van der Waals surface area contributed by atoms with Crippen molar-refractivity contribution in [2.45, 2.75) is 11.8 Å². The van der Waals surface area contributed by atoms with Gasteiger partial charge in [0, 0.05) is 17.4 Å². The highest BCUT2D eigenvalue weighted by Crippen LogP contribution is 2.24. The van der Waals surface area contributed by atoms with Crippen molar-refractivity contribution in [1.29, 1.82) is 0 Å². The van der Waals surface area contributed by atoms with Crippen molar-refractivity contribution >= 4 is 27.3 Å². The van der Waals surface area contributed by atoms with Gasteiger partial charge in [-0.1, -0.05) is 35.0 Å². The fourth-order valence-electron chi connectivity index (χ4n) is 2.92. The Bertz CT molecular complexity index is 1370. The normalized spacial score (nSPS) is 11.2. The van der Waals surface area contributed by atoms with Gasteiger partial charge < -0.3 is 9.84 Å². The zero-order valence-electron chi connectivity index (χ0n) is 16.9. The van der Waals surface area contributed by atoms with Crippen molar-refractivity contribution in [3.8, 4) is 11.3 Å². The molecule has 0 atom stereocenters. The highest BCUT2D eigenvalue weighted by atomic mass is 32.2. The number of carbonyl (C=O) groups is 1. The Kier molecular flexibility index (Phi) is 5.74. The standard InChI is InChI=1S/C23H18FN3O4S/c1-15-6-12-18(13-7-15)32(29,30)27-17-10-8-16(9-11-17)25-23(28)21-14-22(31-26-21)19-4-2-3-5-20(19)24/h2-14,27H,1H3,(H,25,28). The maximum absolute atomic E-state index is 13.9. The lowest BCUT2D eigenvalue weighted by Crippen LogP contribution is -2.14. The molecule has 4 aromatic rings. The lowest BCUT2D eigenvalue weighted by molar-refractivity contribution is 0.101. The molecule has 32 heavy (non-hydrogen) atoms. The average molecular weight is 451 g/mol. The van der Waals surface area contributed by atoms with Gasteiger partial charge in [-0.2, -0.15) is 0 Å². The van der Waals surface area contributed by atoms with E-state index in [1.165, 1.54) is 42.5 Å². The monoisotopic (exact) mass is 451 g/mol. The number of anilines is 2. The summed E-state index contributed by atoms with van der Waals surface area (Å²) in [5, 5.41) is 6.32. The lowest BCUT2D eigenvalue weighted by atomic mass is 10.1. The predicted octanol–water partition coefficient (Wildman–Crippen LogP) is 4.84. The smallest absolute Gasteiger partial charge is 0.277 e. The Balaban J connectivity index is 1.43. The van der Waals surface area contributed by atoms with Gasteiger partial charge in [-0.3, -0.25) is 9.52 Å². The van der Waals surface area contributed by atoms with E-state index in [2.05, 4.69) is 15.2 Å². The second-order valence-electron chi connectivity index (χ2n) is 7.01. The molecule has 4 rings (SSSR count). The van der Waals surface area contributed by atoms with E-state index in [0.717, 1.165) is 5.56 Å².